The molecule has 70 valence electrons. The van der Waals surface area contributed by atoms with Crippen molar-refractivity contribution < 1.29 is 9.53 Å². The maximum atomic E-state index is 11.2. The van der Waals surface area contributed by atoms with Crippen LogP contribution in [-0.2, 0) is 4.74 Å². The molecule has 1 aromatic rings. The fourth-order valence-electron chi connectivity index (χ4n) is 1.13. The molecule has 0 saturated carbocycles. The van der Waals surface area contributed by atoms with Crippen molar-refractivity contribution in [3.63, 3.8) is 0 Å². The van der Waals surface area contributed by atoms with Crippen LogP contribution in [0.15, 0.2) is 0 Å². The molecular weight excluding hydrogens is 168 g/mol. The van der Waals surface area contributed by atoms with Gasteiger partial charge < -0.3 is 4.74 Å². The molecule has 0 aromatic carbocycles. The summed E-state index contributed by atoms with van der Waals surface area (Å²) in [5.74, 6) is -0.419. The van der Waals surface area contributed by atoms with E-state index in [1.165, 1.54) is 7.11 Å². The molecule has 13 heavy (non-hydrogen) atoms. The molecule has 0 aliphatic carbocycles. The van der Waals surface area contributed by atoms with Crippen molar-refractivity contribution >= 4 is 18.1 Å². The Morgan fingerprint density at radius 1 is 1.46 bits per heavy atom. The minimum Gasteiger partial charge on any atom is -0.464 e. The van der Waals surface area contributed by atoms with Gasteiger partial charge in [0.2, 0.25) is 0 Å². The number of rotatable bonds is 1. The number of hydrogen-bond acceptors (Lipinski definition) is 3. The van der Waals surface area contributed by atoms with E-state index in [4.69, 9.17) is 0 Å². The van der Waals surface area contributed by atoms with E-state index in [9.17, 15) is 4.79 Å². The summed E-state index contributed by atoms with van der Waals surface area (Å²) in [6.07, 6.45) is 3.68. The second kappa shape index (κ2) is 3.89. The zero-order valence-corrected chi connectivity index (χ0v) is 7.92. The summed E-state index contributed by atoms with van der Waals surface area (Å²) in [5.41, 5.74) is 0.332. The van der Waals surface area contributed by atoms with E-state index < -0.39 is 5.97 Å². The molecule has 0 unspecified atom stereocenters. The van der Waals surface area contributed by atoms with Crippen molar-refractivity contribution in [3.05, 3.63) is 16.3 Å². The van der Waals surface area contributed by atoms with Crippen molar-refractivity contribution in [2.45, 2.75) is 13.8 Å². The fraction of sp³-hybridized carbons (Fsp3) is 0.333. The van der Waals surface area contributed by atoms with Gasteiger partial charge >= 0.3 is 5.97 Å². The number of hydrogen-bond donors (Lipinski definition) is 1. The number of carbonyl (C=O) groups is 1. The monoisotopic (exact) mass is 180 g/mol. The highest BCUT2D eigenvalue weighted by atomic mass is 16.5. The van der Waals surface area contributed by atoms with Gasteiger partial charge in [-0.05, 0) is 13.8 Å². The lowest BCUT2D eigenvalue weighted by Crippen LogP contribution is -2.26. The SMILES string of the molecule is C/C=c1/c(C(=O)OC)n[nH]/c1=C/C. The predicted molar refractivity (Wildman–Crippen MR) is 49.5 cm³/mol. The van der Waals surface area contributed by atoms with E-state index in [1.54, 1.807) is 0 Å². The van der Waals surface area contributed by atoms with E-state index in [2.05, 4.69) is 14.9 Å². The van der Waals surface area contributed by atoms with Gasteiger partial charge in [0.1, 0.15) is 0 Å². The fourth-order valence-corrected chi connectivity index (χ4v) is 1.13. The summed E-state index contributed by atoms with van der Waals surface area (Å²) in [4.78, 5) is 11.2. The lowest BCUT2D eigenvalue weighted by molar-refractivity contribution is 0.0592. The van der Waals surface area contributed by atoms with Crippen molar-refractivity contribution in [1.82, 2.24) is 10.2 Å². The minimum absolute atomic E-state index is 0.332. The number of aromatic nitrogens is 2. The first-order chi connectivity index (χ1) is 6.24. The number of aromatic amines is 1. The first-order valence-corrected chi connectivity index (χ1v) is 4.00. The summed E-state index contributed by atoms with van der Waals surface area (Å²) < 4.78 is 4.58. The van der Waals surface area contributed by atoms with Gasteiger partial charge in [0.15, 0.2) is 5.69 Å². The molecule has 0 aliphatic rings. The second-order valence-electron chi connectivity index (χ2n) is 2.47. The standard InChI is InChI=1S/C9H12N2O2/c1-4-6-7(5-2)10-11-8(6)9(12)13-3/h4-5,10H,1-3H3/b6-4+,7-5+. The number of nitrogens with zero attached hydrogens (tertiary/aromatic N) is 1. The highest BCUT2D eigenvalue weighted by Crippen LogP contribution is 1.84. The van der Waals surface area contributed by atoms with Gasteiger partial charge in [-0.3, -0.25) is 5.10 Å². The molecule has 0 saturated heterocycles. The Morgan fingerprint density at radius 2 is 2.15 bits per heavy atom. The molecule has 0 radical (unpaired) electrons. The quantitative estimate of drug-likeness (QED) is 0.609. The average molecular weight is 180 g/mol. The third kappa shape index (κ3) is 1.61. The van der Waals surface area contributed by atoms with Crippen LogP contribution in [0.25, 0.3) is 12.2 Å². The molecule has 1 N–H and O–H groups in total. The van der Waals surface area contributed by atoms with Crippen LogP contribution in [0.5, 0.6) is 0 Å². The second-order valence-corrected chi connectivity index (χ2v) is 2.47. The van der Waals surface area contributed by atoms with E-state index >= 15 is 0 Å². The molecule has 0 atom stereocenters. The number of nitrogens with one attached hydrogen (secondary N) is 1. The Morgan fingerprint density at radius 3 is 2.62 bits per heavy atom. The zero-order valence-electron chi connectivity index (χ0n) is 7.92. The maximum absolute atomic E-state index is 11.2. The number of methoxy groups -OCH3 is 1. The van der Waals surface area contributed by atoms with Crippen molar-refractivity contribution in [1.29, 1.82) is 0 Å². The lowest BCUT2D eigenvalue weighted by atomic mass is 10.3. The average Bonchev–Trinajstić information content (AvgIpc) is 2.58. The molecule has 0 amide bonds. The van der Waals surface area contributed by atoms with Crippen LogP contribution < -0.4 is 10.6 Å². The Kier molecular flexibility index (Phi) is 2.84. The van der Waals surface area contributed by atoms with Crippen LogP contribution in [-0.4, -0.2) is 23.3 Å². The van der Waals surface area contributed by atoms with Crippen LogP contribution in [0.1, 0.15) is 24.3 Å². The molecule has 1 rings (SSSR count). The van der Waals surface area contributed by atoms with E-state index in [0.29, 0.717) is 5.69 Å². The molecule has 0 bridgehead atoms. The van der Waals surface area contributed by atoms with Crippen LogP contribution in [0.2, 0.25) is 0 Å². The number of carbonyl (C=O) groups excluding carboxylic acids is 1. The first kappa shape index (κ1) is 9.51. The van der Waals surface area contributed by atoms with Crippen LogP contribution >= 0.6 is 0 Å². The molecule has 0 spiro atoms. The van der Waals surface area contributed by atoms with Crippen molar-refractivity contribution in [2.24, 2.45) is 0 Å². The Hall–Kier alpha value is -1.58. The number of esters is 1. The van der Waals surface area contributed by atoms with Gasteiger partial charge in [-0.1, -0.05) is 12.2 Å². The molecule has 0 aliphatic heterocycles. The molecular formula is C9H12N2O2. The van der Waals surface area contributed by atoms with Crippen molar-refractivity contribution in [3.8, 4) is 0 Å². The van der Waals surface area contributed by atoms with Crippen LogP contribution in [0.4, 0.5) is 0 Å². The lowest BCUT2D eigenvalue weighted by Gasteiger charge is -1.91. The summed E-state index contributed by atoms with van der Waals surface area (Å²) in [6, 6.07) is 0. The Balaban J connectivity index is 3.43. The highest BCUT2D eigenvalue weighted by Gasteiger charge is 2.10. The maximum Gasteiger partial charge on any atom is 0.359 e. The summed E-state index contributed by atoms with van der Waals surface area (Å²) in [7, 11) is 1.34. The predicted octanol–water partition coefficient (Wildman–Crippen LogP) is -0.203. The van der Waals surface area contributed by atoms with Gasteiger partial charge in [0.05, 0.1) is 12.5 Å². The summed E-state index contributed by atoms with van der Waals surface area (Å²) >= 11 is 0. The number of ether oxygens (including phenoxy) is 1. The third-order valence-corrected chi connectivity index (χ3v) is 1.79. The zero-order chi connectivity index (χ0) is 9.84. The third-order valence-electron chi connectivity index (χ3n) is 1.79. The Bertz CT molecular complexity index is 417. The van der Waals surface area contributed by atoms with Gasteiger partial charge in [-0.2, -0.15) is 5.10 Å². The minimum atomic E-state index is -0.419. The molecule has 1 aromatic heterocycles. The summed E-state index contributed by atoms with van der Waals surface area (Å²) in [6.45, 7) is 3.73. The van der Waals surface area contributed by atoms with E-state index in [-0.39, 0.29) is 0 Å². The topological polar surface area (TPSA) is 55.0 Å². The van der Waals surface area contributed by atoms with E-state index in [1.807, 2.05) is 26.0 Å². The van der Waals surface area contributed by atoms with Crippen LogP contribution in [0, 0.1) is 0 Å². The number of H-pyrrole nitrogens is 1. The first-order valence-electron chi connectivity index (χ1n) is 4.00. The van der Waals surface area contributed by atoms with Gasteiger partial charge in [-0.15, -0.1) is 0 Å². The van der Waals surface area contributed by atoms with Gasteiger partial charge in [0.25, 0.3) is 0 Å². The van der Waals surface area contributed by atoms with Gasteiger partial charge in [0, 0.05) is 5.22 Å². The van der Waals surface area contributed by atoms with Gasteiger partial charge in [-0.25, -0.2) is 4.79 Å². The van der Waals surface area contributed by atoms with Crippen LogP contribution in [0.3, 0.4) is 0 Å². The molecule has 1 heterocycles. The smallest absolute Gasteiger partial charge is 0.359 e. The highest BCUT2D eigenvalue weighted by molar-refractivity contribution is 5.87. The normalized spacial score (nSPS) is 13.5. The largest absolute Gasteiger partial charge is 0.464 e. The van der Waals surface area contributed by atoms with Crippen molar-refractivity contribution in [2.75, 3.05) is 7.11 Å². The summed E-state index contributed by atoms with van der Waals surface area (Å²) in [5, 5.41) is 8.24. The molecule has 4 heteroatoms. The van der Waals surface area contributed by atoms with E-state index in [0.717, 1.165) is 10.6 Å². The Labute approximate surface area is 75.9 Å². The molecule has 0 fully saturated rings. The molecule has 4 nitrogen and oxygen atoms in total.